The van der Waals surface area contributed by atoms with E-state index in [1.54, 1.807) is 26.0 Å². The number of nitrogens with zero attached hydrogens (tertiary/aromatic N) is 3. The number of rotatable bonds is 5. The number of halogens is 1. The van der Waals surface area contributed by atoms with Crippen molar-refractivity contribution in [1.29, 1.82) is 5.26 Å². The van der Waals surface area contributed by atoms with Gasteiger partial charge in [-0.1, -0.05) is 29.8 Å². The first kappa shape index (κ1) is 20.1. The topological polar surface area (TPSA) is 91.1 Å². The van der Waals surface area contributed by atoms with E-state index >= 15 is 0 Å². The summed E-state index contributed by atoms with van der Waals surface area (Å²) in [5.41, 5.74) is 0.359. The van der Waals surface area contributed by atoms with Crippen LogP contribution in [0.15, 0.2) is 52.0 Å². The van der Waals surface area contributed by atoms with Crippen molar-refractivity contribution in [2.24, 2.45) is 5.92 Å². The molecule has 0 aliphatic heterocycles. The minimum Gasteiger partial charge on any atom is -0.299 e. The summed E-state index contributed by atoms with van der Waals surface area (Å²) in [7, 11) is -2.40. The van der Waals surface area contributed by atoms with E-state index in [2.05, 4.69) is 20.9 Å². The van der Waals surface area contributed by atoms with Crippen molar-refractivity contribution in [3.8, 4) is 6.07 Å². The summed E-state index contributed by atoms with van der Waals surface area (Å²) < 4.78 is 26.8. The molecule has 2 rings (SSSR count). The van der Waals surface area contributed by atoms with Crippen LogP contribution in [0.2, 0.25) is 0 Å². The maximum absolute atomic E-state index is 13.0. The molecule has 1 amide bonds. The minimum absolute atomic E-state index is 0.0916. The van der Waals surface area contributed by atoms with Gasteiger partial charge < -0.3 is 0 Å². The number of sulfone groups is 1. The predicted octanol–water partition coefficient (Wildman–Crippen LogP) is 3.18. The number of pyridine rings is 1. The highest BCUT2D eigenvalue weighted by atomic mass is 79.9. The van der Waals surface area contributed by atoms with Crippen molar-refractivity contribution in [3.63, 3.8) is 0 Å². The highest BCUT2D eigenvalue weighted by molar-refractivity contribution is 9.10. The van der Waals surface area contributed by atoms with Gasteiger partial charge in [0.25, 0.3) is 0 Å². The number of aromatic nitrogens is 1. The Morgan fingerprint density at radius 2 is 1.81 bits per heavy atom. The molecule has 0 bridgehead atoms. The van der Waals surface area contributed by atoms with Crippen LogP contribution >= 0.6 is 15.9 Å². The highest BCUT2D eigenvalue weighted by Gasteiger charge is 2.38. The standard InChI is InChI=1S/C18H18BrN3O3S/c1-12(2)17(26(24,25)15-7-5-14(19)6-8-15)18(23)22(3)16-9-4-13(10-20)11-21-16/h4-9,11-12,17H,1-3H3. The maximum atomic E-state index is 13.0. The zero-order valence-electron chi connectivity index (χ0n) is 14.5. The van der Waals surface area contributed by atoms with E-state index in [9.17, 15) is 13.2 Å². The van der Waals surface area contributed by atoms with E-state index in [1.807, 2.05) is 6.07 Å². The molecule has 0 saturated heterocycles. The van der Waals surface area contributed by atoms with E-state index in [4.69, 9.17) is 5.26 Å². The second-order valence-corrected chi connectivity index (χ2v) is 9.06. The molecule has 1 aromatic heterocycles. The van der Waals surface area contributed by atoms with Crippen LogP contribution in [0, 0.1) is 17.2 Å². The van der Waals surface area contributed by atoms with Crippen molar-refractivity contribution in [1.82, 2.24) is 4.98 Å². The molecule has 136 valence electrons. The first-order valence-electron chi connectivity index (χ1n) is 7.81. The molecule has 2 aromatic rings. The quantitative estimate of drug-likeness (QED) is 0.718. The lowest BCUT2D eigenvalue weighted by molar-refractivity contribution is -0.118. The van der Waals surface area contributed by atoms with Crippen LogP contribution in [0.3, 0.4) is 0 Å². The first-order valence-corrected chi connectivity index (χ1v) is 10.2. The van der Waals surface area contributed by atoms with Gasteiger partial charge in [0.15, 0.2) is 9.84 Å². The summed E-state index contributed by atoms with van der Waals surface area (Å²) in [5, 5.41) is 7.59. The number of nitriles is 1. The summed E-state index contributed by atoms with van der Waals surface area (Å²) in [4.78, 5) is 18.3. The number of carbonyl (C=O) groups excluding carboxylic acids is 1. The van der Waals surface area contributed by atoms with E-state index in [1.165, 1.54) is 42.4 Å². The lowest BCUT2D eigenvalue weighted by atomic mass is 10.1. The summed E-state index contributed by atoms with van der Waals surface area (Å²) in [5.74, 6) is -0.720. The number of anilines is 1. The molecule has 8 heteroatoms. The maximum Gasteiger partial charge on any atom is 0.246 e. The molecule has 0 spiro atoms. The Hall–Kier alpha value is -2.24. The van der Waals surface area contributed by atoms with Crippen LogP contribution in [0.5, 0.6) is 0 Å². The number of benzene rings is 1. The number of hydrogen-bond acceptors (Lipinski definition) is 5. The fourth-order valence-corrected chi connectivity index (χ4v) is 4.71. The van der Waals surface area contributed by atoms with Crippen LogP contribution < -0.4 is 4.90 Å². The molecule has 0 N–H and O–H groups in total. The summed E-state index contributed by atoms with van der Waals surface area (Å²) in [6.07, 6.45) is 1.34. The molecule has 1 heterocycles. The molecule has 1 unspecified atom stereocenters. The second-order valence-electron chi connectivity index (χ2n) is 6.08. The van der Waals surface area contributed by atoms with Crippen LogP contribution in [-0.4, -0.2) is 31.6 Å². The van der Waals surface area contributed by atoms with Crippen molar-refractivity contribution in [2.45, 2.75) is 24.0 Å². The Morgan fingerprint density at radius 3 is 2.27 bits per heavy atom. The van der Waals surface area contributed by atoms with E-state index in [-0.39, 0.29) is 10.7 Å². The van der Waals surface area contributed by atoms with Crippen LogP contribution in [0.4, 0.5) is 5.82 Å². The van der Waals surface area contributed by atoms with Gasteiger partial charge in [-0.25, -0.2) is 13.4 Å². The average molecular weight is 436 g/mol. The molecule has 6 nitrogen and oxygen atoms in total. The van der Waals surface area contributed by atoms with Gasteiger partial charge in [0.05, 0.1) is 10.5 Å². The van der Waals surface area contributed by atoms with Gasteiger partial charge in [-0.3, -0.25) is 9.69 Å². The van der Waals surface area contributed by atoms with Gasteiger partial charge in [-0.05, 0) is 42.3 Å². The molecule has 0 aliphatic rings. The molecule has 0 aliphatic carbocycles. The number of amides is 1. The molecular weight excluding hydrogens is 418 g/mol. The van der Waals surface area contributed by atoms with Gasteiger partial charge in [0, 0.05) is 17.7 Å². The largest absolute Gasteiger partial charge is 0.299 e. The molecular formula is C18H18BrN3O3S. The normalized spacial score (nSPS) is 12.5. The Labute approximate surface area is 161 Å². The molecule has 0 saturated carbocycles. The summed E-state index contributed by atoms with van der Waals surface area (Å²) in [6.45, 7) is 3.39. The number of carbonyl (C=O) groups is 1. The lowest BCUT2D eigenvalue weighted by Gasteiger charge is -2.25. The molecule has 1 atom stereocenters. The van der Waals surface area contributed by atoms with Crippen molar-refractivity contribution >= 4 is 37.5 Å². The van der Waals surface area contributed by atoms with Crippen LogP contribution in [-0.2, 0) is 14.6 Å². The monoisotopic (exact) mass is 435 g/mol. The SMILES string of the molecule is CC(C)C(C(=O)N(C)c1ccc(C#N)cn1)S(=O)(=O)c1ccc(Br)cc1. The molecule has 0 radical (unpaired) electrons. The Morgan fingerprint density at radius 1 is 1.19 bits per heavy atom. The van der Waals surface area contributed by atoms with E-state index < -0.39 is 26.9 Å². The van der Waals surface area contributed by atoms with Gasteiger partial charge in [0.2, 0.25) is 5.91 Å². The van der Waals surface area contributed by atoms with Gasteiger partial charge in [-0.15, -0.1) is 0 Å². The van der Waals surface area contributed by atoms with Crippen LogP contribution in [0.25, 0.3) is 0 Å². The lowest BCUT2D eigenvalue weighted by Crippen LogP contribution is -2.44. The fraction of sp³-hybridized carbons (Fsp3) is 0.278. The van der Waals surface area contributed by atoms with Crippen molar-refractivity contribution in [2.75, 3.05) is 11.9 Å². The average Bonchev–Trinajstić information content (AvgIpc) is 2.61. The predicted molar refractivity (Wildman–Crippen MR) is 102 cm³/mol. The van der Waals surface area contributed by atoms with Crippen molar-refractivity contribution < 1.29 is 13.2 Å². The Balaban J connectivity index is 2.40. The fourth-order valence-electron chi connectivity index (χ4n) is 2.50. The third-order valence-electron chi connectivity index (χ3n) is 3.88. The molecule has 1 aromatic carbocycles. The zero-order valence-corrected chi connectivity index (χ0v) is 17.0. The van der Waals surface area contributed by atoms with Gasteiger partial charge >= 0.3 is 0 Å². The van der Waals surface area contributed by atoms with Gasteiger partial charge in [-0.2, -0.15) is 5.26 Å². The smallest absolute Gasteiger partial charge is 0.246 e. The highest BCUT2D eigenvalue weighted by Crippen LogP contribution is 2.26. The van der Waals surface area contributed by atoms with E-state index in [0.29, 0.717) is 5.56 Å². The summed E-state index contributed by atoms with van der Waals surface area (Å²) in [6, 6.07) is 11.2. The van der Waals surface area contributed by atoms with E-state index in [0.717, 1.165) is 4.47 Å². The minimum atomic E-state index is -3.87. The molecule has 0 fully saturated rings. The third kappa shape index (κ3) is 4.11. The second kappa shape index (κ2) is 7.98. The Kier molecular flexibility index (Phi) is 6.16. The Bertz CT molecular complexity index is 933. The van der Waals surface area contributed by atoms with Crippen LogP contribution in [0.1, 0.15) is 19.4 Å². The zero-order chi connectivity index (χ0) is 19.5. The summed E-state index contributed by atoms with van der Waals surface area (Å²) >= 11 is 3.27. The van der Waals surface area contributed by atoms with Crippen molar-refractivity contribution in [3.05, 3.63) is 52.6 Å². The third-order valence-corrected chi connectivity index (χ3v) is 6.75. The number of hydrogen-bond donors (Lipinski definition) is 0. The molecule has 26 heavy (non-hydrogen) atoms. The van der Waals surface area contributed by atoms with Gasteiger partial charge in [0.1, 0.15) is 17.1 Å². The first-order chi connectivity index (χ1) is 12.2.